The van der Waals surface area contributed by atoms with E-state index < -0.39 is 57.8 Å². The fraction of sp³-hybridized carbons (Fsp3) is 0.455. The van der Waals surface area contributed by atoms with Crippen molar-refractivity contribution in [2.24, 2.45) is 11.1 Å². The van der Waals surface area contributed by atoms with Gasteiger partial charge in [0.25, 0.3) is 0 Å². The van der Waals surface area contributed by atoms with Crippen LogP contribution in [0.2, 0.25) is 5.02 Å². The normalized spacial score (nSPS) is 20.3. The third kappa shape index (κ3) is 7.50. The van der Waals surface area contributed by atoms with E-state index in [9.17, 15) is 30.8 Å². The van der Waals surface area contributed by atoms with E-state index in [2.05, 4.69) is 19.6 Å². The van der Waals surface area contributed by atoms with Crippen molar-refractivity contribution >= 4 is 39.4 Å². The average Bonchev–Trinajstić information content (AvgIpc) is 2.80. The van der Waals surface area contributed by atoms with Gasteiger partial charge in [0.15, 0.2) is 0 Å². The van der Waals surface area contributed by atoms with Gasteiger partial charge in [0.05, 0.1) is 28.2 Å². The molecule has 0 saturated heterocycles. The fourth-order valence-electron chi connectivity index (χ4n) is 4.38. The summed E-state index contributed by atoms with van der Waals surface area (Å²) in [4.78, 5) is 17.1. The SMILES string of the molecule is NS(=O)(=O)OC(=O)c1cc(Cl)c(N(c2cccc(F)n2)[C@H]2CC[C@H](C(F)(F)F)C[C@@H]2NCCCO)cc1F. The number of carbonyl (C=O) groups is 1. The number of pyridine rings is 1. The second-order valence-corrected chi connectivity index (χ2v) is 10.2. The molecule has 1 saturated carbocycles. The Morgan fingerprint density at radius 3 is 2.58 bits per heavy atom. The Kier molecular flexibility index (Phi) is 9.52. The van der Waals surface area contributed by atoms with E-state index in [1.54, 1.807) is 0 Å². The maximum absolute atomic E-state index is 15.0. The molecule has 1 fully saturated rings. The van der Waals surface area contributed by atoms with Crippen molar-refractivity contribution in [2.75, 3.05) is 18.1 Å². The molecule has 1 aliphatic rings. The Hall–Kier alpha value is -2.59. The summed E-state index contributed by atoms with van der Waals surface area (Å²) in [7, 11) is -4.77. The lowest BCUT2D eigenvalue weighted by Gasteiger charge is -2.44. The zero-order valence-corrected chi connectivity index (χ0v) is 21.2. The molecule has 1 aromatic heterocycles. The van der Waals surface area contributed by atoms with Crippen LogP contribution in [0.15, 0.2) is 30.3 Å². The Bertz CT molecular complexity index is 1270. The molecular weight excluding hydrogens is 563 g/mol. The molecule has 2 aromatic rings. The summed E-state index contributed by atoms with van der Waals surface area (Å²) in [5, 5.41) is 16.4. The molecule has 0 amide bonds. The van der Waals surface area contributed by atoms with E-state index in [-0.39, 0.29) is 55.4 Å². The van der Waals surface area contributed by atoms with E-state index in [4.69, 9.17) is 16.7 Å². The van der Waals surface area contributed by atoms with Gasteiger partial charge in [-0.3, -0.25) is 0 Å². The quantitative estimate of drug-likeness (QED) is 0.231. The molecule has 3 rings (SSSR count). The van der Waals surface area contributed by atoms with Gasteiger partial charge in [0.2, 0.25) is 5.95 Å². The van der Waals surface area contributed by atoms with Crippen molar-refractivity contribution in [1.82, 2.24) is 10.3 Å². The van der Waals surface area contributed by atoms with Gasteiger partial charge >= 0.3 is 22.4 Å². The molecule has 3 atom stereocenters. The van der Waals surface area contributed by atoms with Crippen molar-refractivity contribution in [3.05, 3.63) is 52.7 Å². The summed E-state index contributed by atoms with van der Waals surface area (Å²) in [6.07, 6.45) is -4.99. The predicted molar refractivity (Wildman–Crippen MR) is 127 cm³/mol. The first kappa shape index (κ1) is 30.0. The van der Waals surface area contributed by atoms with Crippen molar-refractivity contribution in [3.8, 4) is 0 Å². The number of aromatic nitrogens is 1. The minimum absolute atomic E-state index is 0.0910. The molecule has 4 N–H and O–H groups in total. The summed E-state index contributed by atoms with van der Waals surface area (Å²) in [5.41, 5.74) is -1.04. The molecule has 0 aliphatic heterocycles. The number of hydrogen-bond donors (Lipinski definition) is 3. The summed E-state index contributed by atoms with van der Waals surface area (Å²) < 4.78 is 96.0. The monoisotopic (exact) mass is 586 g/mol. The van der Waals surface area contributed by atoms with Crippen molar-refractivity contribution < 1.29 is 44.5 Å². The highest BCUT2D eigenvalue weighted by atomic mass is 35.5. The standard InChI is InChI=1S/C22H24ClF5N4O5S/c23-14-10-13(21(34)37-38(29,35)36)15(24)11-18(14)32(20-4-1-3-19(25)31-20)17-6-5-12(22(26,27)28)9-16(17)30-7-2-8-33/h1,3-4,10-12,16-17,30,33H,2,5-9H2,(H2,29,35,36)/t12-,16-,17-/m0/s1. The van der Waals surface area contributed by atoms with E-state index in [0.29, 0.717) is 0 Å². The number of nitrogens with two attached hydrogens (primary N) is 1. The van der Waals surface area contributed by atoms with Crippen molar-refractivity contribution in [2.45, 2.75) is 43.9 Å². The molecular formula is C22H24ClF5N4O5S. The third-order valence-electron chi connectivity index (χ3n) is 6.00. The summed E-state index contributed by atoms with van der Waals surface area (Å²) in [5.74, 6) is -5.60. The molecule has 1 aliphatic carbocycles. The molecule has 38 heavy (non-hydrogen) atoms. The van der Waals surface area contributed by atoms with Gasteiger partial charge in [0.1, 0.15) is 11.6 Å². The van der Waals surface area contributed by atoms with Crippen LogP contribution in [0, 0.1) is 17.7 Å². The molecule has 1 aromatic carbocycles. The first-order valence-electron chi connectivity index (χ1n) is 11.3. The van der Waals surface area contributed by atoms with Gasteiger partial charge in [-0.2, -0.15) is 31.1 Å². The van der Waals surface area contributed by atoms with Crippen LogP contribution < -0.4 is 15.4 Å². The third-order valence-corrected chi connectivity index (χ3v) is 6.69. The number of nitrogens with one attached hydrogen (secondary N) is 1. The van der Waals surface area contributed by atoms with Gasteiger partial charge in [-0.25, -0.2) is 14.2 Å². The summed E-state index contributed by atoms with van der Waals surface area (Å²) >= 11 is 6.34. The lowest BCUT2D eigenvalue weighted by atomic mass is 9.80. The van der Waals surface area contributed by atoms with Crippen LogP contribution in [0.3, 0.4) is 0 Å². The summed E-state index contributed by atoms with van der Waals surface area (Å²) in [6.45, 7) is -0.0531. The zero-order valence-electron chi connectivity index (χ0n) is 19.6. The van der Waals surface area contributed by atoms with Gasteiger partial charge < -0.3 is 19.5 Å². The number of halogens is 6. The second-order valence-electron chi connectivity index (χ2n) is 8.59. The Labute approximate surface area is 220 Å². The Balaban J connectivity index is 2.10. The maximum atomic E-state index is 15.0. The Morgan fingerprint density at radius 2 is 1.97 bits per heavy atom. The number of rotatable bonds is 9. The van der Waals surface area contributed by atoms with Crippen LogP contribution in [-0.2, 0) is 14.5 Å². The van der Waals surface area contributed by atoms with Crippen LogP contribution in [0.25, 0.3) is 0 Å². The minimum atomic E-state index is -4.77. The molecule has 0 unspecified atom stereocenters. The van der Waals surface area contributed by atoms with Gasteiger partial charge in [-0.1, -0.05) is 17.7 Å². The van der Waals surface area contributed by atoms with E-state index in [1.807, 2.05) is 0 Å². The molecule has 16 heteroatoms. The number of alkyl halides is 3. The van der Waals surface area contributed by atoms with E-state index >= 15 is 4.39 Å². The molecule has 1 heterocycles. The highest BCUT2D eigenvalue weighted by Crippen LogP contribution is 2.43. The number of carbonyl (C=O) groups excluding carboxylic acids is 1. The summed E-state index contributed by atoms with van der Waals surface area (Å²) in [6, 6.07) is 3.47. The van der Waals surface area contributed by atoms with Gasteiger partial charge in [-0.05, 0) is 56.5 Å². The largest absolute Gasteiger partial charge is 0.396 e. The predicted octanol–water partition coefficient (Wildman–Crippen LogP) is 3.58. The number of nitrogens with zero attached hydrogens (tertiary/aromatic N) is 2. The topological polar surface area (TPSA) is 135 Å². The van der Waals surface area contributed by atoms with Crippen LogP contribution in [0.4, 0.5) is 33.5 Å². The van der Waals surface area contributed by atoms with Crippen LogP contribution in [0.1, 0.15) is 36.0 Å². The number of anilines is 2. The van der Waals surface area contributed by atoms with Crippen LogP contribution in [0.5, 0.6) is 0 Å². The van der Waals surface area contributed by atoms with Crippen LogP contribution in [-0.4, -0.2) is 55.9 Å². The molecule has 210 valence electrons. The lowest BCUT2D eigenvalue weighted by molar-refractivity contribution is -0.184. The van der Waals surface area contributed by atoms with Crippen LogP contribution >= 0.6 is 11.6 Å². The maximum Gasteiger partial charge on any atom is 0.391 e. The number of aliphatic hydroxyl groups is 1. The zero-order chi connectivity index (χ0) is 28.3. The highest BCUT2D eigenvalue weighted by Gasteiger charge is 2.46. The van der Waals surface area contributed by atoms with Gasteiger partial charge in [-0.15, -0.1) is 0 Å². The van der Waals surface area contributed by atoms with Gasteiger partial charge in [0, 0.05) is 12.6 Å². The minimum Gasteiger partial charge on any atom is -0.396 e. The molecule has 0 radical (unpaired) electrons. The molecule has 0 bridgehead atoms. The van der Waals surface area contributed by atoms with E-state index in [0.717, 1.165) is 18.2 Å². The average molecular weight is 587 g/mol. The first-order chi connectivity index (χ1) is 17.7. The first-order valence-corrected chi connectivity index (χ1v) is 13.1. The Morgan fingerprint density at radius 1 is 1.26 bits per heavy atom. The second kappa shape index (κ2) is 12.1. The lowest BCUT2D eigenvalue weighted by Crippen LogP contribution is -2.54. The van der Waals surface area contributed by atoms with E-state index in [1.165, 1.54) is 17.0 Å². The smallest absolute Gasteiger partial charge is 0.391 e. The molecule has 9 nitrogen and oxygen atoms in total. The highest BCUT2D eigenvalue weighted by molar-refractivity contribution is 7.84. The fourth-order valence-corrected chi connectivity index (χ4v) is 4.93. The molecule has 0 spiro atoms. The van der Waals surface area contributed by atoms with Crippen molar-refractivity contribution in [1.29, 1.82) is 0 Å². The number of benzene rings is 1. The van der Waals surface area contributed by atoms with Crippen molar-refractivity contribution in [3.63, 3.8) is 0 Å². The number of hydrogen-bond acceptors (Lipinski definition) is 8. The number of aliphatic hydroxyl groups excluding tert-OH is 1.